The Balaban J connectivity index is 1.22. The van der Waals surface area contributed by atoms with Gasteiger partial charge in [0.1, 0.15) is 11.6 Å². The van der Waals surface area contributed by atoms with Crippen LogP contribution in [0, 0.1) is 41.5 Å². The third-order valence-electron chi connectivity index (χ3n) is 12.8. The summed E-state index contributed by atoms with van der Waals surface area (Å²) in [6.07, 6.45) is 0. The van der Waals surface area contributed by atoms with Gasteiger partial charge < -0.3 is 0 Å². The molecule has 0 unspecified atom stereocenters. The molecule has 0 radical (unpaired) electrons. The molecule has 0 saturated heterocycles. The zero-order chi connectivity index (χ0) is 46.7. The molecule has 0 bridgehead atoms. The van der Waals surface area contributed by atoms with Crippen LogP contribution in [0.3, 0.4) is 0 Å². The Bertz CT molecular complexity index is 3220. The van der Waals surface area contributed by atoms with Crippen molar-refractivity contribution in [2.24, 2.45) is 0 Å². The standard InChI is InChI=1S/C63H53N5/c1-41-34-43(3)59(44(4)35-41)61(60-45(5)36-42(2)37-46(60)6)49-30-32-54(33-31-49)68(57-39-55(48-22-13-8-14-23-48)64-62(66-57)50-24-15-9-16-25-50)58-40-56(65-63(67-58)51-26-17-10-18-27-51)53-29-19-28-52(38-53)47-20-11-7-12-21-47/h7-40,61H,1-6H3. The molecule has 0 fully saturated rings. The normalized spacial score (nSPS) is 11.2. The topological polar surface area (TPSA) is 54.8 Å². The van der Waals surface area contributed by atoms with Gasteiger partial charge in [0.05, 0.1) is 11.4 Å². The second kappa shape index (κ2) is 18.9. The lowest BCUT2D eigenvalue weighted by Gasteiger charge is -2.28. The molecule has 0 saturated carbocycles. The van der Waals surface area contributed by atoms with Gasteiger partial charge in [-0.25, -0.2) is 19.9 Å². The van der Waals surface area contributed by atoms with Gasteiger partial charge in [0.2, 0.25) is 0 Å². The fourth-order valence-electron chi connectivity index (χ4n) is 9.89. The lowest BCUT2D eigenvalue weighted by molar-refractivity contribution is 0.919. The van der Waals surface area contributed by atoms with Crippen LogP contribution in [0.4, 0.5) is 17.3 Å². The molecule has 2 aromatic heterocycles. The number of nitrogens with zero attached hydrogens (tertiary/aromatic N) is 5. The van der Waals surface area contributed by atoms with E-state index in [-0.39, 0.29) is 5.92 Å². The highest BCUT2D eigenvalue weighted by atomic mass is 15.3. The van der Waals surface area contributed by atoms with Crippen LogP contribution in [-0.4, -0.2) is 19.9 Å². The molecule has 0 aliphatic rings. The zero-order valence-electron chi connectivity index (χ0n) is 39.4. The first-order valence-electron chi connectivity index (χ1n) is 23.3. The van der Waals surface area contributed by atoms with Crippen LogP contribution in [-0.2, 0) is 0 Å². The van der Waals surface area contributed by atoms with Crippen molar-refractivity contribution in [1.29, 1.82) is 0 Å². The minimum Gasteiger partial charge on any atom is -0.279 e. The van der Waals surface area contributed by atoms with E-state index in [2.05, 4.69) is 192 Å². The summed E-state index contributed by atoms with van der Waals surface area (Å²) >= 11 is 0. The SMILES string of the molecule is Cc1cc(C)c(C(c2ccc(N(c3cc(-c4ccccc4)nc(-c4ccccc4)n3)c3cc(-c4cccc(-c5ccccc5)c4)nc(-c4ccccc4)n3)cc2)c2c(C)cc(C)cc2C)c(C)c1. The van der Waals surface area contributed by atoms with Gasteiger partial charge in [-0.1, -0.05) is 187 Å². The van der Waals surface area contributed by atoms with Gasteiger partial charge in [-0.15, -0.1) is 0 Å². The molecule has 68 heavy (non-hydrogen) atoms. The Labute approximate surface area is 400 Å². The second-order valence-corrected chi connectivity index (χ2v) is 17.9. The van der Waals surface area contributed by atoms with Crippen LogP contribution in [0.25, 0.3) is 56.4 Å². The van der Waals surface area contributed by atoms with E-state index in [1.165, 1.54) is 50.1 Å². The summed E-state index contributed by atoms with van der Waals surface area (Å²) in [6, 6.07) is 72.3. The van der Waals surface area contributed by atoms with Crippen molar-refractivity contribution in [3.05, 3.63) is 256 Å². The van der Waals surface area contributed by atoms with Crippen LogP contribution < -0.4 is 4.90 Å². The van der Waals surface area contributed by atoms with Crippen LogP contribution >= 0.6 is 0 Å². The Kier molecular flexibility index (Phi) is 12.1. The molecular weight excluding hydrogens is 827 g/mol. The fraction of sp³-hybridized carbons (Fsp3) is 0.111. The molecule has 10 rings (SSSR count). The number of aryl methyl sites for hydroxylation is 6. The Hall–Kier alpha value is -8.28. The van der Waals surface area contributed by atoms with E-state index >= 15 is 0 Å². The fourth-order valence-corrected chi connectivity index (χ4v) is 9.89. The van der Waals surface area contributed by atoms with Gasteiger partial charge in [-0.3, -0.25) is 4.90 Å². The van der Waals surface area contributed by atoms with Gasteiger partial charge in [0, 0.05) is 46.0 Å². The van der Waals surface area contributed by atoms with Crippen molar-refractivity contribution in [3.8, 4) is 56.4 Å². The van der Waals surface area contributed by atoms with Gasteiger partial charge in [0.25, 0.3) is 0 Å². The highest BCUT2D eigenvalue weighted by molar-refractivity contribution is 5.81. The minimum absolute atomic E-state index is 0.0133. The summed E-state index contributed by atoms with van der Waals surface area (Å²) in [6.45, 7) is 13.4. The average molecular weight is 880 g/mol. The summed E-state index contributed by atoms with van der Waals surface area (Å²) in [5.41, 5.74) is 20.2. The number of benzene rings is 8. The molecule has 8 aromatic carbocycles. The molecule has 0 aliphatic heterocycles. The number of aromatic nitrogens is 4. The van der Waals surface area contributed by atoms with E-state index in [9.17, 15) is 0 Å². The largest absolute Gasteiger partial charge is 0.279 e. The first kappa shape index (κ1) is 43.6. The molecule has 2 heterocycles. The minimum atomic E-state index is 0.0133. The van der Waals surface area contributed by atoms with Crippen molar-refractivity contribution in [1.82, 2.24) is 19.9 Å². The maximum atomic E-state index is 5.44. The number of rotatable bonds is 11. The van der Waals surface area contributed by atoms with Crippen molar-refractivity contribution in [2.45, 2.75) is 47.5 Å². The quantitative estimate of drug-likeness (QED) is 0.121. The van der Waals surface area contributed by atoms with Gasteiger partial charge in [-0.2, -0.15) is 0 Å². The van der Waals surface area contributed by atoms with E-state index in [0.29, 0.717) is 23.3 Å². The molecule has 5 heteroatoms. The van der Waals surface area contributed by atoms with E-state index in [1.54, 1.807) is 0 Å². The summed E-state index contributed by atoms with van der Waals surface area (Å²) in [7, 11) is 0. The predicted molar refractivity (Wildman–Crippen MR) is 282 cm³/mol. The third-order valence-corrected chi connectivity index (χ3v) is 12.8. The molecule has 330 valence electrons. The van der Waals surface area contributed by atoms with Crippen molar-refractivity contribution in [3.63, 3.8) is 0 Å². The zero-order valence-corrected chi connectivity index (χ0v) is 39.4. The lowest BCUT2D eigenvalue weighted by Crippen LogP contribution is -2.16. The Morgan fingerprint density at radius 2 is 0.706 bits per heavy atom. The monoisotopic (exact) mass is 879 g/mol. The molecule has 0 N–H and O–H groups in total. The third kappa shape index (κ3) is 8.99. The molecule has 0 atom stereocenters. The molecule has 5 nitrogen and oxygen atoms in total. The summed E-state index contributed by atoms with van der Waals surface area (Å²) in [4.78, 5) is 23.5. The van der Waals surface area contributed by atoms with Crippen molar-refractivity contribution < 1.29 is 0 Å². The highest BCUT2D eigenvalue weighted by Gasteiger charge is 2.27. The van der Waals surface area contributed by atoms with Gasteiger partial charge in [0.15, 0.2) is 11.6 Å². The van der Waals surface area contributed by atoms with E-state index in [4.69, 9.17) is 19.9 Å². The number of hydrogen-bond acceptors (Lipinski definition) is 5. The van der Waals surface area contributed by atoms with E-state index in [1.807, 2.05) is 60.7 Å². The van der Waals surface area contributed by atoms with Crippen molar-refractivity contribution in [2.75, 3.05) is 4.90 Å². The number of anilines is 3. The van der Waals surface area contributed by atoms with Crippen LogP contribution in [0.2, 0.25) is 0 Å². The van der Waals surface area contributed by atoms with Gasteiger partial charge >= 0.3 is 0 Å². The maximum Gasteiger partial charge on any atom is 0.162 e. The summed E-state index contributed by atoms with van der Waals surface area (Å²) in [5, 5.41) is 0. The van der Waals surface area contributed by atoms with Crippen LogP contribution in [0.15, 0.2) is 206 Å². The molecule has 0 spiro atoms. The molecule has 0 aliphatic carbocycles. The van der Waals surface area contributed by atoms with E-state index in [0.717, 1.165) is 50.5 Å². The maximum absolute atomic E-state index is 5.44. The first-order chi connectivity index (χ1) is 33.2. The molecule has 10 aromatic rings. The first-order valence-corrected chi connectivity index (χ1v) is 23.3. The highest BCUT2D eigenvalue weighted by Crippen LogP contribution is 2.43. The Morgan fingerprint density at radius 3 is 1.16 bits per heavy atom. The second-order valence-electron chi connectivity index (χ2n) is 17.9. The average Bonchev–Trinajstić information content (AvgIpc) is 3.36. The lowest BCUT2D eigenvalue weighted by atomic mass is 9.77. The molecular formula is C63H53N5. The van der Waals surface area contributed by atoms with Crippen LogP contribution in [0.5, 0.6) is 0 Å². The van der Waals surface area contributed by atoms with E-state index < -0.39 is 0 Å². The number of hydrogen-bond donors (Lipinski definition) is 0. The van der Waals surface area contributed by atoms with Crippen LogP contribution in [0.1, 0.15) is 56.0 Å². The summed E-state index contributed by atoms with van der Waals surface area (Å²) < 4.78 is 0. The van der Waals surface area contributed by atoms with Gasteiger partial charge in [-0.05, 0) is 110 Å². The smallest absolute Gasteiger partial charge is 0.162 e. The molecule has 0 amide bonds. The van der Waals surface area contributed by atoms with Crippen molar-refractivity contribution >= 4 is 17.3 Å². The Morgan fingerprint density at radius 1 is 0.324 bits per heavy atom. The predicted octanol–water partition coefficient (Wildman–Crippen LogP) is 16.1. The summed E-state index contributed by atoms with van der Waals surface area (Å²) in [5.74, 6) is 2.60.